The number of likely N-dealkylation sites (tertiary alicyclic amines) is 2. The van der Waals surface area contributed by atoms with E-state index in [1.165, 1.54) is 12.8 Å². The highest BCUT2D eigenvalue weighted by atomic mass is 16.3. The van der Waals surface area contributed by atoms with E-state index >= 15 is 0 Å². The lowest BCUT2D eigenvalue weighted by Crippen LogP contribution is -2.41. The van der Waals surface area contributed by atoms with Crippen molar-refractivity contribution in [2.45, 2.75) is 37.7 Å². The van der Waals surface area contributed by atoms with Gasteiger partial charge in [-0.2, -0.15) is 0 Å². The summed E-state index contributed by atoms with van der Waals surface area (Å²) in [5, 5.41) is 10.8. The van der Waals surface area contributed by atoms with Crippen LogP contribution in [0, 0.1) is 0 Å². The maximum absolute atomic E-state index is 12.5. The van der Waals surface area contributed by atoms with Gasteiger partial charge in [0.1, 0.15) is 5.60 Å². The highest BCUT2D eigenvalue weighted by molar-refractivity contribution is 5.78. The Morgan fingerprint density at radius 3 is 2.41 bits per heavy atom. The Morgan fingerprint density at radius 1 is 1.05 bits per heavy atom. The van der Waals surface area contributed by atoms with Gasteiger partial charge in [-0.1, -0.05) is 43.2 Å². The van der Waals surface area contributed by atoms with E-state index in [1.807, 2.05) is 35.2 Å². The quantitative estimate of drug-likeness (QED) is 0.928. The maximum atomic E-state index is 12.5. The zero-order valence-corrected chi connectivity index (χ0v) is 13.2. The van der Waals surface area contributed by atoms with Gasteiger partial charge in [-0.25, -0.2) is 0 Å². The van der Waals surface area contributed by atoms with Gasteiger partial charge in [0.25, 0.3) is 0 Å². The first-order valence-corrected chi connectivity index (χ1v) is 8.45. The molecule has 1 aromatic rings. The second kappa shape index (κ2) is 6.80. The molecular formula is C18H26N2O2. The lowest BCUT2D eigenvalue weighted by atomic mass is 9.93. The van der Waals surface area contributed by atoms with Gasteiger partial charge in [0.05, 0.1) is 6.54 Å². The SMILES string of the molecule is O=C(CN1CC[C@](O)(c2ccccc2)C1)N1CCCCCC1. The fourth-order valence-electron chi connectivity index (χ4n) is 3.60. The molecule has 2 heterocycles. The Morgan fingerprint density at radius 2 is 1.73 bits per heavy atom. The first-order valence-electron chi connectivity index (χ1n) is 8.45. The lowest BCUT2D eigenvalue weighted by molar-refractivity contribution is -0.132. The van der Waals surface area contributed by atoms with Crippen LogP contribution >= 0.6 is 0 Å². The number of aliphatic hydroxyl groups is 1. The molecule has 2 saturated heterocycles. The number of hydrogen-bond donors (Lipinski definition) is 1. The third-order valence-electron chi connectivity index (χ3n) is 4.96. The molecule has 0 unspecified atom stereocenters. The van der Waals surface area contributed by atoms with Gasteiger partial charge in [0, 0.05) is 26.2 Å². The Bertz CT molecular complexity index is 497. The summed E-state index contributed by atoms with van der Waals surface area (Å²) in [5.74, 6) is 0.221. The zero-order chi connectivity index (χ0) is 15.4. The normalized spacial score (nSPS) is 26.9. The third kappa shape index (κ3) is 3.50. The molecular weight excluding hydrogens is 276 g/mol. The standard InChI is InChI=1S/C18H26N2O2/c21-17(20-11-6-1-2-7-12-20)14-19-13-10-18(22,15-19)16-8-4-3-5-9-16/h3-5,8-9,22H,1-2,6-7,10-15H2/t18-/m1/s1. The van der Waals surface area contributed by atoms with Crippen LogP contribution in [0.3, 0.4) is 0 Å². The number of carbonyl (C=O) groups is 1. The van der Waals surface area contributed by atoms with Crippen LogP contribution in [-0.4, -0.2) is 53.5 Å². The van der Waals surface area contributed by atoms with Crippen LogP contribution in [0.25, 0.3) is 0 Å². The first-order chi connectivity index (χ1) is 10.7. The van der Waals surface area contributed by atoms with Gasteiger partial charge >= 0.3 is 0 Å². The summed E-state index contributed by atoms with van der Waals surface area (Å²) in [6, 6.07) is 9.82. The minimum absolute atomic E-state index is 0.221. The average molecular weight is 302 g/mol. The average Bonchev–Trinajstić information content (AvgIpc) is 2.76. The molecule has 1 N–H and O–H groups in total. The van der Waals surface area contributed by atoms with Crippen LogP contribution in [0.15, 0.2) is 30.3 Å². The van der Waals surface area contributed by atoms with Crippen molar-refractivity contribution in [1.82, 2.24) is 9.80 Å². The maximum Gasteiger partial charge on any atom is 0.236 e. The van der Waals surface area contributed by atoms with E-state index in [-0.39, 0.29) is 5.91 Å². The summed E-state index contributed by atoms with van der Waals surface area (Å²) < 4.78 is 0. The smallest absolute Gasteiger partial charge is 0.236 e. The minimum Gasteiger partial charge on any atom is -0.384 e. The molecule has 1 aromatic carbocycles. The van der Waals surface area contributed by atoms with E-state index < -0.39 is 5.60 Å². The van der Waals surface area contributed by atoms with Gasteiger partial charge in [-0.3, -0.25) is 9.69 Å². The Labute approximate surface area is 132 Å². The Balaban J connectivity index is 1.57. The van der Waals surface area contributed by atoms with Crippen molar-refractivity contribution in [3.63, 3.8) is 0 Å². The molecule has 2 fully saturated rings. The highest BCUT2D eigenvalue weighted by Crippen LogP contribution is 2.31. The van der Waals surface area contributed by atoms with Gasteiger partial charge < -0.3 is 10.0 Å². The molecule has 0 spiro atoms. The van der Waals surface area contributed by atoms with Crippen molar-refractivity contribution in [2.24, 2.45) is 0 Å². The molecule has 2 aliphatic heterocycles. The molecule has 1 amide bonds. The Kier molecular flexibility index (Phi) is 4.79. The van der Waals surface area contributed by atoms with Crippen molar-refractivity contribution in [3.05, 3.63) is 35.9 Å². The number of nitrogens with zero attached hydrogens (tertiary/aromatic N) is 2. The summed E-state index contributed by atoms with van der Waals surface area (Å²) >= 11 is 0. The first kappa shape index (κ1) is 15.5. The van der Waals surface area contributed by atoms with Crippen LogP contribution in [0.4, 0.5) is 0 Å². The monoisotopic (exact) mass is 302 g/mol. The number of amides is 1. The molecule has 0 saturated carbocycles. The van der Waals surface area contributed by atoms with Gasteiger partial charge in [-0.05, 0) is 24.8 Å². The number of carbonyl (C=O) groups excluding carboxylic acids is 1. The summed E-state index contributed by atoms with van der Waals surface area (Å²) in [4.78, 5) is 16.6. The topological polar surface area (TPSA) is 43.8 Å². The van der Waals surface area contributed by atoms with Crippen LogP contribution < -0.4 is 0 Å². The molecule has 0 aromatic heterocycles. The van der Waals surface area contributed by atoms with Crippen molar-refractivity contribution in [2.75, 3.05) is 32.7 Å². The summed E-state index contributed by atoms with van der Waals surface area (Å²) in [7, 11) is 0. The van der Waals surface area contributed by atoms with Crippen molar-refractivity contribution in [1.29, 1.82) is 0 Å². The fourth-order valence-corrected chi connectivity index (χ4v) is 3.60. The summed E-state index contributed by atoms with van der Waals surface area (Å²) in [6.45, 7) is 3.57. The minimum atomic E-state index is -0.805. The summed E-state index contributed by atoms with van der Waals surface area (Å²) in [6.07, 6.45) is 5.42. The molecule has 0 aliphatic carbocycles. The van der Waals surface area contributed by atoms with E-state index in [2.05, 4.69) is 4.90 Å². The lowest BCUT2D eigenvalue weighted by Gasteiger charge is -2.26. The molecule has 3 rings (SSSR count). The number of β-amino-alcohol motifs (C(OH)–C–C–N with tert-alkyl or cyclic N) is 1. The molecule has 4 heteroatoms. The van der Waals surface area contributed by atoms with E-state index in [0.29, 0.717) is 19.5 Å². The molecule has 22 heavy (non-hydrogen) atoms. The molecule has 1 atom stereocenters. The van der Waals surface area contributed by atoms with Crippen LogP contribution in [-0.2, 0) is 10.4 Å². The largest absolute Gasteiger partial charge is 0.384 e. The van der Waals surface area contributed by atoms with E-state index in [9.17, 15) is 9.90 Å². The third-order valence-corrected chi connectivity index (χ3v) is 4.96. The van der Waals surface area contributed by atoms with Crippen molar-refractivity contribution >= 4 is 5.91 Å². The van der Waals surface area contributed by atoms with Gasteiger partial charge in [0.2, 0.25) is 5.91 Å². The van der Waals surface area contributed by atoms with E-state index in [0.717, 1.165) is 38.0 Å². The zero-order valence-electron chi connectivity index (χ0n) is 13.2. The number of rotatable bonds is 3. The fraction of sp³-hybridized carbons (Fsp3) is 0.611. The second-order valence-corrected chi connectivity index (χ2v) is 6.65. The van der Waals surface area contributed by atoms with Crippen molar-refractivity contribution < 1.29 is 9.90 Å². The number of benzene rings is 1. The molecule has 120 valence electrons. The molecule has 0 radical (unpaired) electrons. The van der Waals surface area contributed by atoms with Gasteiger partial charge in [-0.15, -0.1) is 0 Å². The molecule has 4 nitrogen and oxygen atoms in total. The highest BCUT2D eigenvalue weighted by Gasteiger charge is 2.38. The van der Waals surface area contributed by atoms with E-state index in [4.69, 9.17) is 0 Å². The Hall–Kier alpha value is -1.39. The molecule has 2 aliphatic rings. The van der Waals surface area contributed by atoms with Crippen LogP contribution in [0.1, 0.15) is 37.7 Å². The van der Waals surface area contributed by atoms with Gasteiger partial charge in [0.15, 0.2) is 0 Å². The van der Waals surface area contributed by atoms with Crippen molar-refractivity contribution in [3.8, 4) is 0 Å². The van der Waals surface area contributed by atoms with Crippen LogP contribution in [0.5, 0.6) is 0 Å². The number of hydrogen-bond acceptors (Lipinski definition) is 3. The predicted molar refractivity (Wildman–Crippen MR) is 86.4 cm³/mol. The summed E-state index contributed by atoms with van der Waals surface area (Å²) in [5.41, 5.74) is 0.153. The second-order valence-electron chi connectivity index (χ2n) is 6.65. The molecule has 0 bridgehead atoms. The predicted octanol–water partition coefficient (Wildman–Crippen LogP) is 1.98. The van der Waals surface area contributed by atoms with Crippen LogP contribution in [0.2, 0.25) is 0 Å². The van der Waals surface area contributed by atoms with E-state index in [1.54, 1.807) is 0 Å².